The van der Waals surface area contributed by atoms with Gasteiger partial charge in [0.05, 0.1) is 5.56 Å². The minimum atomic E-state index is -0.515. The number of amides is 1. The van der Waals surface area contributed by atoms with Gasteiger partial charge in [0.15, 0.2) is 0 Å². The van der Waals surface area contributed by atoms with Crippen molar-refractivity contribution in [2.45, 2.75) is 19.1 Å². The number of rotatable bonds is 1. The average molecular weight is 317 g/mol. The molecule has 0 radical (unpaired) electrons. The Morgan fingerprint density at radius 3 is 2.95 bits per heavy atom. The lowest BCUT2D eigenvalue weighted by molar-refractivity contribution is 0.0934. The maximum Gasteiger partial charge on any atom is 0.256 e. The van der Waals surface area contributed by atoms with Crippen molar-refractivity contribution in [2.24, 2.45) is 0 Å². The van der Waals surface area contributed by atoms with E-state index in [0.717, 1.165) is 35.6 Å². The quantitative estimate of drug-likeness (QED) is 0.850. The molecule has 0 unspecified atom stereocenters. The second-order valence-electron chi connectivity index (χ2n) is 5.77. The summed E-state index contributed by atoms with van der Waals surface area (Å²) in [4.78, 5) is 16.0. The highest BCUT2D eigenvalue weighted by Gasteiger charge is 2.33. The van der Waals surface area contributed by atoms with Crippen molar-refractivity contribution in [3.63, 3.8) is 0 Å². The normalized spacial score (nSPS) is 20.8. The van der Waals surface area contributed by atoms with Gasteiger partial charge in [0, 0.05) is 23.5 Å². The van der Waals surface area contributed by atoms with Gasteiger partial charge in [0.1, 0.15) is 17.0 Å². The Labute approximate surface area is 131 Å². The minimum absolute atomic E-state index is 0.107. The second kappa shape index (κ2) is 5.07. The summed E-state index contributed by atoms with van der Waals surface area (Å²) in [7, 11) is 2.08. The summed E-state index contributed by atoms with van der Waals surface area (Å²) in [6.45, 7) is 1.83. The van der Waals surface area contributed by atoms with Crippen LogP contribution in [-0.4, -0.2) is 24.4 Å². The molecule has 22 heavy (non-hydrogen) atoms. The van der Waals surface area contributed by atoms with Gasteiger partial charge in [-0.2, -0.15) is 0 Å². The Kier molecular flexibility index (Phi) is 3.16. The van der Waals surface area contributed by atoms with Crippen LogP contribution >= 0.6 is 11.3 Å². The van der Waals surface area contributed by atoms with E-state index in [0.29, 0.717) is 5.56 Å². The Balaban J connectivity index is 1.73. The monoisotopic (exact) mass is 317 g/mol. The highest BCUT2D eigenvalue weighted by molar-refractivity contribution is 7.16. The lowest BCUT2D eigenvalue weighted by Crippen LogP contribution is -2.39. The van der Waals surface area contributed by atoms with E-state index < -0.39 is 6.17 Å². The first-order valence-electron chi connectivity index (χ1n) is 7.28. The highest BCUT2D eigenvalue weighted by atomic mass is 32.1. The predicted molar refractivity (Wildman–Crippen MR) is 84.6 cm³/mol. The SMILES string of the molecule is CN1CCc2c(sc3c2C(=O)N[C@@H](c2ccccc2F)N3)C1. The molecular formula is C16H16FN3OS. The molecule has 0 saturated heterocycles. The molecule has 2 aliphatic heterocycles. The minimum Gasteiger partial charge on any atom is -0.353 e. The molecule has 3 heterocycles. The molecule has 2 N–H and O–H groups in total. The van der Waals surface area contributed by atoms with E-state index >= 15 is 0 Å². The zero-order chi connectivity index (χ0) is 15.3. The molecule has 2 aliphatic rings. The first-order chi connectivity index (χ1) is 10.6. The molecule has 1 amide bonds. The molecule has 0 saturated carbocycles. The van der Waals surface area contributed by atoms with Crippen LogP contribution in [-0.2, 0) is 13.0 Å². The van der Waals surface area contributed by atoms with E-state index in [2.05, 4.69) is 22.6 Å². The number of benzene rings is 1. The maximum absolute atomic E-state index is 14.0. The molecule has 1 aromatic heterocycles. The molecule has 0 spiro atoms. The van der Waals surface area contributed by atoms with Crippen LogP contribution in [0.5, 0.6) is 0 Å². The number of carbonyl (C=O) groups excluding carboxylic acids is 1. The summed E-state index contributed by atoms with van der Waals surface area (Å²) in [5.41, 5.74) is 2.36. The van der Waals surface area contributed by atoms with Crippen LogP contribution in [0.4, 0.5) is 9.39 Å². The molecule has 6 heteroatoms. The number of thiophene rings is 1. The van der Waals surface area contributed by atoms with Gasteiger partial charge in [-0.15, -0.1) is 11.3 Å². The lowest BCUT2D eigenvalue weighted by Gasteiger charge is -2.27. The fraction of sp³-hybridized carbons (Fsp3) is 0.312. The van der Waals surface area contributed by atoms with Gasteiger partial charge in [-0.1, -0.05) is 18.2 Å². The number of hydrogen-bond acceptors (Lipinski definition) is 4. The zero-order valence-electron chi connectivity index (χ0n) is 12.1. The second-order valence-corrected chi connectivity index (χ2v) is 6.87. The summed E-state index contributed by atoms with van der Waals surface area (Å²) in [6, 6.07) is 6.53. The van der Waals surface area contributed by atoms with Crippen molar-refractivity contribution in [2.75, 3.05) is 18.9 Å². The third-order valence-corrected chi connectivity index (χ3v) is 5.39. The number of anilines is 1. The van der Waals surface area contributed by atoms with Crippen LogP contribution in [0.15, 0.2) is 24.3 Å². The molecule has 4 nitrogen and oxygen atoms in total. The number of nitrogens with zero attached hydrogens (tertiary/aromatic N) is 1. The largest absolute Gasteiger partial charge is 0.353 e. The Morgan fingerprint density at radius 2 is 2.14 bits per heavy atom. The highest BCUT2D eigenvalue weighted by Crippen LogP contribution is 2.40. The van der Waals surface area contributed by atoms with E-state index in [1.807, 2.05) is 0 Å². The summed E-state index contributed by atoms with van der Waals surface area (Å²) in [5.74, 6) is -0.422. The van der Waals surface area contributed by atoms with Crippen LogP contribution < -0.4 is 10.6 Å². The first kappa shape index (κ1) is 13.7. The molecule has 0 aliphatic carbocycles. The van der Waals surface area contributed by atoms with Crippen LogP contribution in [0.25, 0.3) is 0 Å². The topological polar surface area (TPSA) is 44.4 Å². The van der Waals surface area contributed by atoms with Crippen molar-refractivity contribution < 1.29 is 9.18 Å². The third kappa shape index (κ3) is 2.10. The molecular weight excluding hydrogens is 301 g/mol. The zero-order valence-corrected chi connectivity index (χ0v) is 13.0. The van der Waals surface area contributed by atoms with Gasteiger partial charge in [-0.05, 0) is 25.1 Å². The summed E-state index contributed by atoms with van der Waals surface area (Å²) < 4.78 is 14.0. The van der Waals surface area contributed by atoms with Crippen molar-refractivity contribution in [1.29, 1.82) is 0 Å². The van der Waals surface area contributed by atoms with Crippen LogP contribution in [0.2, 0.25) is 0 Å². The number of fused-ring (bicyclic) bond motifs is 3. The average Bonchev–Trinajstić information content (AvgIpc) is 2.85. The van der Waals surface area contributed by atoms with E-state index in [-0.39, 0.29) is 11.7 Å². The lowest BCUT2D eigenvalue weighted by atomic mass is 10.0. The number of carbonyl (C=O) groups is 1. The molecule has 2 aromatic rings. The van der Waals surface area contributed by atoms with Crippen molar-refractivity contribution >= 4 is 22.2 Å². The van der Waals surface area contributed by atoms with E-state index in [1.165, 1.54) is 10.9 Å². The van der Waals surface area contributed by atoms with Gasteiger partial charge in [-0.3, -0.25) is 4.79 Å². The predicted octanol–water partition coefficient (Wildman–Crippen LogP) is 2.73. The van der Waals surface area contributed by atoms with Crippen molar-refractivity contribution in [1.82, 2.24) is 10.2 Å². The van der Waals surface area contributed by atoms with Crippen molar-refractivity contribution in [3.05, 3.63) is 51.7 Å². The molecule has 0 bridgehead atoms. The maximum atomic E-state index is 14.0. The summed E-state index contributed by atoms with van der Waals surface area (Å²) >= 11 is 1.61. The fourth-order valence-electron chi connectivity index (χ4n) is 3.11. The van der Waals surface area contributed by atoms with Gasteiger partial charge in [0.2, 0.25) is 0 Å². The fourth-order valence-corrected chi connectivity index (χ4v) is 4.46. The van der Waals surface area contributed by atoms with Crippen LogP contribution in [0.3, 0.4) is 0 Å². The molecule has 1 atom stereocenters. The summed E-state index contributed by atoms with van der Waals surface area (Å²) in [5, 5.41) is 7.02. The number of halogens is 1. The smallest absolute Gasteiger partial charge is 0.256 e. The molecule has 0 fully saturated rings. The van der Waals surface area contributed by atoms with Gasteiger partial charge in [-0.25, -0.2) is 4.39 Å². The van der Waals surface area contributed by atoms with Crippen LogP contribution in [0.1, 0.15) is 32.5 Å². The van der Waals surface area contributed by atoms with Gasteiger partial charge < -0.3 is 15.5 Å². The molecule has 4 rings (SSSR count). The third-order valence-electron chi connectivity index (χ3n) is 4.24. The van der Waals surface area contributed by atoms with Crippen LogP contribution in [0, 0.1) is 5.82 Å². The van der Waals surface area contributed by atoms with E-state index in [9.17, 15) is 9.18 Å². The Bertz CT molecular complexity index is 758. The van der Waals surface area contributed by atoms with Gasteiger partial charge in [0.25, 0.3) is 5.91 Å². The summed E-state index contributed by atoms with van der Waals surface area (Å²) in [6.07, 6.45) is 0.371. The van der Waals surface area contributed by atoms with Gasteiger partial charge >= 0.3 is 0 Å². The number of hydrogen-bond donors (Lipinski definition) is 2. The Morgan fingerprint density at radius 1 is 1.32 bits per heavy atom. The number of likely N-dealkylation sites (N-methyl/N-ethyl adjacent to an activating group) is 1. The van der Waals surface area contributed by atoms with E-state index in [1.54, 1.807) is 29.5 Å². The molecule has 1 aromatic carbocycles. The van der Waals surface area contributed by atoms with Crippen molar-refractivity contribution in [3.8, 4) is 0 Å². The standard InChI is InChI=1S/C16H16FN3OS/c1-20-7-6-10-12(8-20)22-16-13(10)15(21)18-14(19-16)9-4-2-3-5-11(9)17/h2-5,14,19H,6-8H2,1H3,(H,18,21)/t14-/m1/s1. The molecule has 114 valence electrons. The Hall–Kier alpha value is -1.92. The number of nitrogens with one attached hydrogen (secondary N) is 2. The van der Waals surface area contributed by atoms with E-state index in [4.69, 9.17) is 0 Å². The first-order valence-corrected chi connectivity index (χ1v) is 8.10.